The summed E-state index contributed by atoms with van der Waals surface area (Å²) in [6, 6.07) is 13.5. The quantitative estimate of drug-likeness (QED) is 0.521. The van der Waals surface area contributed by atoms with Gasteiger partial charge in [-0.1, -0.05) is 17.7 Å². The molecule has 2 aromatic rings. The lowest BCUT2D eigenvalue weighted by Gasteiger charge is -2.35. The fourth-order valence-corrected chi connectivity index (χ4v) is 8.20. The largest absolute Gasteiger partial charge is 0.493 e. The van der Waals surface area contributed by atoms with Gasteiger partial charge in [0.1, 0.15) is 15.6 Å². The maximum Gasteiger partial charge on any atom is 0.179 e. The third kappa shape index (κ3) is 6.33. The minimum Gasteiger partial charge on any atom is -0.493 e. The lowest BCUT2D eigenvalue weighted by atomic mass is 9.87. The number of rotatable bonds is 8. The van der Waals surface area contributed by atoms with Crippen LogP contribution in [-0.2, 0) is 32.5 Å². The van der Waals surface area contributed by atoms with E-state index in [4.69, 9.17) is 16.3 Å². The monoisotopic (exact) mass is 525 g/mol. The summed E-state index contributed by atoms with van der Waals surface area (Å²) in [5.41, 5.74) is 2.77. The van der Waals surface area contributed by atoms with Gasteiger partial charge in [0, 0.05) is 35.8 Å². The summed E-state index contributed by atoms with van der Waals surface area (Å²) in [6.45, 7) is 3.85. The van der Waals surface area contributed by atoms with Crippen LogP contribution in [0.4, 0.5) is 0 Å². The van der Waals surface area contributed by atoms with Gasteiger partial charge in [0.05, 0.1) is 23.0 Å². The molecule has 0 N–H and O–H groups in total. The zero-order chi connectivity index (χ0) is 24.5. The maximum atomic E-state index is 12.4. The zero-order valence-electron chi connectivity index (χ0n) is 19.6. The number of fused-ring (bicyclic) bond motifs is 1. The second kappa shape index (κ2) is 10.2. The van der Waals surface area contributed by atoms with Gasteiger partial charge < -0.3 is 4.74 Å². The van der Waals surface area contributed by atoms with E-state index in [1.165, 1.54) is 23.3 Å². The van der Waals surface area contributed by atoms with Crippen molar-refractivity contribution in [1.29, 1.82) is 0 Å². The van der Waals surface area contributed by atoms with Gasteiger partial charge in [0.2, 0.25) is 0 Å². The van der Waals surface area contributed by atoms with Gasteiger partial charge in [-0.15, -0.1) is 0 Å². The molecule has 9 heteroatoms. The molecule has 2 aromatic carbocycles. The highest BCUT2D eigenvalue weighted by molar-refractivity contribution is 7.94. The van der Waals surface area contributed by atoms with Crippen LogP contribution >= 0.6 is 11.6 Å². The minimum atomic E-state index is -3.64. The third-order valence-corrected chi connectivity index (χ3v) is 10.1. The van der Waals surface area contributed by atoms with E-state index in [0.717, 1.165) is 43.5 Å². The van der Waals surface area contributed by atoms with E-state index in [-0.39, 0.29) is 10.6 Å². The van der Waals surface area contributed by atoms with Crippen LogP contribution in [0.5, 0.6) is 5.75 Å². The summed E-state index contributed by atoms with van der Waals surface area (Å²) in [4.78, 5) is 2.72. The Kier molecular flexibility index (Phi) is 7.62. The van der Waals surface area contributed by atoms with Crippen molar-refractivity contribution in [1.82, 2.24) is 4.90 Å². The predicted octanol–water partition coefficient (Wildman–Crippen LogP) is 3.81. The van der Waals surface area contributed by atoms with Crippen LogP contribution in [0, 0.1) is 5.92 Å². The van der Waals surface area contributed by atoms with Crippen LogP contribution in [0.25, 0.3) is 0 Å². The molecule has 1 aliphatic carbocycles. The fourth-order valence-electron chi connectivity index (χ4n) is 5.13. The van der Waals surface area contributed by atoms with Gasteiger partial charge in [-0.3, -0.25) is 4.90 Å². The Bertz CT molecular complexity index is 1230. The first-order chi connectivity index (χ1) is 16.0. The van der Waals surface area contributed by atoms with Crippen LogP contribution in [0.15, 0.2) is 47.4 Å². The molecule has 6 nitrogen and oxygen atoms in total. The molecule has 2 aliphatic rings. The van der Waals surface area contributed by atoms with Crippen LogP contribution < -0.4 is 4.74 Å². The summed E-state index contributed by atoms with van der Waals surface area (Å²) in [6.07, 6.45) is 5.37. The first kappa shape index (κ1) is 25.5. The molecule has 0 bridgehead atoms. The van der Waals surface area contributed by atoms with Gasteiger partial charge in [0.15, 0.2) is 9.84 Å². The normalized spacial score (nSPS) is 23.6. The molecular weight excluding hydrogens is 494 g/mol. The first-order valence-corrected chi connectivity index (χ1v) is 15.8. The third-order valence-electron chi connectivity index (χ3n) is 6.94. The van der Waals surface area contributed by atoms with E-state index >= 15 is 0 Å². The average molecular weight is 526 g/mol. The SMILES string of the molecule is CC1CC(COc2ccc(S(=O)(=O)CCS(C)(=O)=O)cc2)CN1C1CCc2ccc(Cl)cc2C1. The molecule has 186 valence electrons. The number of sulfone groups is 2. The number of nitrogens with zero attached hydrogens (tertiary/aromatic N) is 1. The van der Waals surface area contributed by atoms with E-state index in [0.29, 0.717) is 30.4 Å². The van der Waals surface area contributed by atoms with Crippen molar-refractivity contribution < 1.29 is 21.6 Å². The van der Waals surface area contributed by atoms with E-state index in [1.54, 1.807) is 12.1 Å². The number of likely N-dealkylation sites (tertiary alicyclic amines) is 1. The Morgan fingerprint density at radius 1 is 1.03 bits per heavy atom. The summed E-state index contributed by atoms with van der Waals surface area (Å²) in [5, 5.41) is 0.800. The first-order valence-electron chi connectivity index (χ1n) is 11.7. The van der Waals surface area contributed by atoms with Crippen molar-refractivity contribution in [3.8, 4) is 5.75 Å². The molecule has 0 radical (unpaired) electrons. The zero-order valence-corrected chi connectivity index (χ0v) is 22.0. The molecule has 1 saturated heterocycles. The number of hydrogen-bond donors (Lipinski definition) is 0. The van der Waals surface area contributed by atoms with Crippen molar-refractivity contribution in [2.45, 2.75) is 49.6 Å². The summed E-state index contributed by atoms with van der Waals surface area (Å²) < 4.78 is 53.3. The lowest BCUT2D eigenvalue weighted by molar-refractivity contribution is 0.164. The van der Waals surface area contributed by atoms with Crippen molar-refractivity contribution in [3.05, 3.63) is 58.6 Å². The Hall–Kier alpha value is -1.61. The van der Waals surface area contributed by atoms with Gasteiger partial charge in [-0.05, 0) is 80.1 Å². The lowest BCUT2D eigenvalue weighted by Crippen LogP contribution is -2.41. The van der Waals surface area contributed by atoms with E-state index < -0.39 is 25.4 Å². The Morgan fingerprint density at radius 3 is 2.47 bits per heavy atom. The molecule has 0 aromatic heterocycles. The second-order valence-corrected chi connectivity index (χ2v) is 14.5. The highest BCUT2D eigenvalue weighted by atomic mass is 35.5. The molecular formula is C25H32ClNO5S2. The minimum absolute atomic E-state index is 0.113. The Morgan fingerprint density at radius 2 is 1.76 bits per heavy atom. The number of benzene rings is 2. The molecule has 1 fully saturated rings. The molecule has 3 atom stereocenters. The topological polar surface area (TPSA) is 80.8 Å². The highest BCUT2D eigenvalue weighted by Crippen LogP contribution is 2.33. The summed E-state index contributed by atoms with van der Waals surface area (Å²) in [5.74, 6) is 0.229. The van der Waals surface area contributed by atoms with Crippen molar-refractivity contribution in [3.63, 3.8) is 0 Å². The van der Waals surface area contributed by atoms with Crippen LogP contribution in [-0.4, -0.2) is 64.7 Å². The molecule has 34 heavy (non-hydrogen) atoms. The van der Waals surface area contributed by atoms with Gasteiger partial charge in [-0.2, -0.15) is 0 Å². The molecule has 0 spiro atoms. The van der Waals surface area contributed by atoms with Crippen LogP contribution in [0.2, 0.25) is 5.02 Å². The second-order valence-electron chi connectivity index (χ2n) is 9.69. The van der Waals surface area contributed by atoms with E-state index in [2.05, 4.69) is 24.0 Å². The fraction of sp³-hybridized carbons (Fsp3) is 0.520. The number of halogens is 1. The summed E-state index contributed by atoms with van der Waals surface area (Å²) in [7, 11) is -6.98. The van der Waals surface area contributed by atoms with Crippen molar-refractivity contribution >= 4 is 31.3 Å². The molecule has 3 unspecified atom stereocenters. The van der Waals surface area contributed by atoms with Crippen molar-refractivity contribution in [2.24, 2.45) is 5.92 Å². The maximum absolute atomic E-state index is 12.4. The van der Waals surface area contributed by atoms with Crippen LogP contribution in [0.1, 0.15) is 30.9 Å². The van der Waals surface area contributed by atoms with E-state index in [1.807, 2.05) is 6.07 Å². The smallest absolute Gasteiger partial charge is 0.179 e. The van der Waals surface area contributed by atoms with Gasteiger partial charge >= 0.3 is 0 Å². The molecule has 4 rings (SSSR count). The molecule has 0 saturated carbocycles. The average Bonchev–Trinajstić information content (AvgIpc) is 3.16. The Balaban J connectivity index is 1.31. The number of hydrogen-bond acceptors (Lipinski definition) is 6. The summed E-state index contributed by atoms with van der Waals surface area (Å²) >= 11 is 6.22. The molecule has 0 amide bonds. The van der Waals surface area contributed by atoms with Gasteiger partial charge in [-0.25, -0.2) is 16.8 Å². The predicted molar refractivity (Wildman–Crippen MR) is 135 cm³/mol. The highest BCUT2D eigenvalue weighted by Gasteiger charge is 2.35. The van der Waals surface area contributed by atoms with Gasteiger partial charge in [0.25, 0.3) is 0 Å². The molecule has 1 aliphatic heterocycles. The van der Waals surface area contributed by atoms with E-state index in [9.17, 15) is 16.8 Å². The Labute approximate surface area is 208 Å². The van der Waals surface area contributed by atoms with Crippen LogP contribution in [0.3, 0.4) is 0 Å². The van der Waals surface area contributed by atoms with Crippen molar-refractivity contribution in [2.75, 3.05) is 30.9 Å². The number of ether oxygens (including phenoxy) is 1. The standard InChI is InChI=1S/C25H32ClNO5S2/c1-18-13-19(16-27(18)23-6-4-20-3-5-22(26)14-21(20)15-23)17-32-24-7-9-25(10-8-24)34(30,31)12-11-33(2,28)29/h3,5,7-10,14,18-19,23H,4,6,11-13,15-17H2,1-2H3. The molecule has 1 heterocycles. The number of aryl methyl sites for hydroxylation is 1.